The second-order valence-corrected chi connectivity index (χ2v) is 7.11. The highest BCUT2D eigenvalue weighted by Crippen LogP contribution is 2.41. The van der Waals surface area contributed by atoms with E-state index in [4.69, 9.17) is 0 Å². The number of phenolic OH excluding ortho intramolecular Hbond substituents is 1. The molecular formula is C15H19BrN2O2. The van der Waals surface area contributed by atoms with E-state index < -0.39 is 0 Å². The van der Waals surface area contributed by atoms with Gasteiger partial charge in [0.25, 0.3) is 5.91 Å². The largest absolute Gasteiger partial charge is 0.507 e. The lowest BCUT2D eigenvalue weighted by Gasteiger charge is -2.35. The van der Waals surface area contributed by atoms with Gasteiger partial charge in [-0.3, -0.25) is 4.79 Å². The van der Waals surface area contributed by atoms with Crippen LogP contribution in [0.3, 0.4) is 0 Å². The minimum atomic E-state index is -0.145. The van der Waals surface area contributed by atoms with Crippen molar-refractivity contribution < 1.29 is 9.90 Å². The van der Waals surface area contributed by atoms with Crippen molar-refractivity contribution >= 4 is 21.8 Å². The summed E-state index contributed by atoms with van der Waals surface area (Å²) in [5.41, 5.74) is 0.403. The average Bonchev–Trinajstić information content (AvgIpc) is 2.95. The highest BCUT2D eigenvalue weighted by atomic mass is 79.9. The molecule has 0 aromatic heterocycles. The summed E-state index contributed by atoms with van der Waals surface area (Å²) < 4.78 is 0.607. The van der Waals surface area contributed by atoms with E-state index in [-0.39, 0.29) is 17.2 Å². The number of amides is 1. The maximum absolute atomic E-state index is 12.7. The predicted octanol–water partition coefficient (Wildman–Crippen LogP) is 2.22. The van der Waals surface area contributed by atoms with Crippen LogP contribution in [0.1, 0.15) is 24.2 Å². The zero-order valence-corrected chi connectivity index (χ0v) is 13.3. The first-order valence-electron chi connectivity index (χ1n) is 6.92. The molecule has 2 heterocycles. The van der Waals surface area contributed by atoms with Crippen molar-refractivity contribution in [2.24, 2.45) is 11.8 Å². The normalized spacial score (nSPS) is 27.6. The molecule has 0 aliphatic carbocycles. The van der Waals surface area contributed by atoms with Gasteiger partial charge in [0.2, 0.25) is 0 Å². The number of nitrogens with one attached hydrogen (secondary N) is 1. The first kappa shape index (κ1) is 13.9. The molecule has 1 amide bonds. The van der Waals surface area contributed by atoms with Crippen LogP contribution in [0.4, 0.5) is 0 Å². The van der Waals surface area contributed by atoms with Gasteiger partial charge in [0.15, 0.2) is 0 Å². The Morgan fingerprint density at radius 3 is 2.85 bits per heavy atom. The van der Waals surface area contributed by atoms with Gasteiger partial charge in [-0.2, -0.15) is 0 Å². The van der Waals surface area contributed by atoms with Crippen LogP contribution in [-0.2, 0) is 0 Å². The van der Waals surface area contributed by atoms with E-state index in [9.17, 15) is 9.90 Å². The smallest absolute Gasteiger partial charge is 0.254 e. The third-order valence-electron chi connectivity index (χ3n) is 4.80. The Morgan fingerprint density at radius 2 is 2.20 bits per heavy atom. The Balaban J connectivity index is 1.89. The average molecular weight is 339 g/mol. The minimum absolute atomic E-state index is 0.00667. The third-order valence-corrected chi connectivity index (χ3v) is 5.47. The van der Waals surface area contributed by atoms with Crippen molar-refractivity contribution in [3.63, 3.8) is 0 Å². The summed E-state index contributed by atoms with van der Waals surface area (Å²) in [5, 5.41) is 13.2. The molecule has 0 bridgehead atoms. The molecule has 0 spiro atoms. The summed E-state index contributed by atoms with van der Waals surface area (Å²) in [6, 6.07) is 5.01. The Labute approximate surface area is 127 Å². The van der Waals surface area contributed by atoms with Crippen molar-refractivity contribution in [3.05, 3.63) is 28.2 Å². The molecule has 3 rings (SSSR count). The van der Waals surface area contributed by atoms with Crippen LogP contribution in [0.2, 0.25) is 0 Å². The molecule has 5 heteroatoms. The van der Waals surface area contributed by atoms with Crippen LogP contribution in [0.15, 0.2) is 22.7 Å². The molecule has 2 aliphatic heterocycles. The summed E-state index contributed by atoms with van der Waals surface area (Å²) >= 11 is 3.24. The number of carbonyl (C=O) groups is 1. The van der Waals surface area contributed by atoms with E-state index in [2.05, 4.69) is 35.1 Å². The van der Waals surface area contributed by atoms with Crippen LogP contribution in [-0.4, -0.2) is 41.1 Å². The predicted molar refractivity (Wildman–Crippen MR) is 80.8 cm³/mol. The molecular weight excluding hydrogens is 320 g/mol. The van der Waals surface area contributed by atoms with Crippen molar-refractivity contribution in [3.8, 4) is 5.75 Å². The Bertz CT molecular complexity index is 559. The molecule has 0 saturated carbocycles. The fourth-order valence-corrected chi connectivity index (χ4v) is 3.81. The van der Waals surface area contributed by atoms with Gasteiger partial charge in [-0.1, -0.05) is 0 Å². The third kappa shape index (κ3) is 2.04. The minimum Gasteiger partial charge on any atom is -0.507 e. The number of benzene rings is 1. The van der Waals surface area contributed by atoms with Crippen LogP contribution in [0.5, 0.6) is 5.75 Å². The summed E-state index contributed by atoms with van der Waals surface area (Å²) in [7, 11) is 0. The van der Waals surface area contributed by atoms with Crippen molar-refractivity contribution in [2.75, 3.05) is 19.6 Å². The lowest BCUT2D eigenvalue weighted by Crippen LogP contribution is -2.47. The molecule has 2 fully saturated rings. The first-order chi connectivity index (χ1) is 9.41. The van der Waals surface area contributed by atoms with E-state index in [1.807, 2.05) is 4.90 Å². The number of hydrogen-bond donors (Lipinski definition) is 2. The van der Waals surface area contributed by atoms with Gasteiger partial charge in [-0.05, 0) is 59.8 Å². The molecule has 1 aromatic rings. The number of phenols is 1. The number of nitrogens with zero attached hydrogens (tertiary/aromatic N) is 1. The van der Waals surface area contributed by atoms with Gasteiger partial charge in [-0.25, -0.2) is 0 Å². The van der Waals surface area contributed by atoms with Gasteiger partial charge in [-0.15, -0.1) is 0 Å². The van der Waals surface area contributed by atoms with Gasteiger partial charge >= 0.3 is 0 Å². The van der Waals surface area contributed by atoms with Gasteiger partial charge in [0, 0.05) is 30.7 Å². The number of carbonyl (C=O) groups excluding carboxylic acids is 1. The molecule has 20 heavy (non-hydrogen) atoms. The second-order valence-electron chi connectivity index (χ2n) is 6.26. The Kier molecular flexibility index (Phi) is 3.29. The summed E-state index contributed by atoms with van der Waals surface area (Å²) in [5.74, 6) is 1.16. The molecule has 2 saturated heterocycles. The highest BCUT2D eigenvalue weighted by Gasteiger charge is 2.51. The number of hydrogen-bond acceptors (Lipinski definition) is 3. The number of likely N-dealkylation sites (tertiary alicyclic amines) is 1. The first-order valence-corrected chi connectivity index (χ1v) is 7.72. The standard InChI is InChI=1S/C15H19BrN2O2/c1-15(2)11-7-17-6-10(11)8-18(15)14(20)9-3-4-12(16)13(19)5-9/h3-5,10-11,17,19H,6-8H2,1-2H3. The van der Waals surface area contributed by atoms with Crippen molar-refractivity contribution in [1.29, 1.82) is 0 Å². The van der Waals surface area contributed by atoms with Crippen molar-refractivity contribution in [2.45, 2.75) is 19.4 Å². The monoisotopic (exact) mass is 338 g/mol. The maximum Gasteiger partial charge on any atom is 0.254 e. The molecule has 2 N–H and O–H groups in total. The number of rotatable bonds is 1. The fraction of sp³-hybridized carbons (Fsp3) is 0.533. The van der Waals surface area contributed by atoms with Gasteiger partial charge in [0.1, 0.15) is 5.75 Å². The highest BCUT2D eigenvalue weighted by molar-refractivity contribution is 9.10. The zero-order valence-electron chi connectivity index (χ0n) is 11.7. The molecule has 1 aromatic carbocycles. The SMILES string of the molecule is CC1(C)C2CNCC2CN1C(=O)c1ccc(Br)c(O)c1. The van der Waals surface area contributed by atoms with Crippen LogP contribution >= 0.6 is 15.9 Å². The van der Waals surface area contributed by atoms with Crippen molar-refractivity contribution in [1.82, 2.24) is 10.2 Å². The molecule has 2 unspecified atom stereocenters. The van der Waals surface area contributed by atoms with Crippen LogP contribution in [0.25, 0.3) is 0 Å². The van der Waals surface area contributed by atoms with E-state index in [0.29, 0.717) is 21.9 Å². The molecule has 2 atom stereocenters. The van der Waals surface area contributed by atoms with Crippen LogP contribution < -0.4 is 5.32 Å². The summed E-state index contributed by atoms with van der Waals surface area (Å²) in [4.78, 5) is 14.7. The lowest BCUT2D eigenvalue weighted by atomic mass is 9.84. The number of halogens is 1. The lowest BCUT2D eigenvalue weighted by molar-refractivity contribution is 0.0603. The quantitative estimate of drug-likeness (QED) is 0.825. The van der Waals surface area contributed by atoms with Gasteiger partial charge < -0.3 is 15.3 Å². The zero-order chi connectivity index (χ0) is 14.5. The van der Waals surface area contributed by atoms with E-state index in [1.54, 1.807) is 12.1 Å². The summed E-state index contributed by atoms with van der Waals surface area (Å²) in [6.07, 6.45) is 0. The fourth-order valence-electron chi connectivity index (χ4n) is 3.57. The van der Waals surface area contributed by atoms with E-state index in [1.165, 1.54) is 6.07 Å². The molecule has 2 aliphatic rings. The topological polar surface area (TPSA) is 52.6 Å². The Morgan fingerprint density at radius 1 is 1.45 bits per heavy atom. The number of aromatic hydroxyl groups is 1. The van der Waals surface area contributed by atoms with Gasteiger partial charge in [0.05, 0.1) is 4.47 Å². The second kappa shape index (κ2) is 4.74. The van der Waals surface area contributed by atoms with E-state index in [0.717, 1.165) is 19.6 Å². The Hall–Kier alpha value is -1.07. The molecule has 4 nitrogen and oxygen atoms in total. The molecule has 108 valence electrons. The number of fused-ring (bicyclic) bond motifs is 1. The van der Waals surface area contributed by atoms with E-state index >= 15 is 0 Å². The van der Waals surface area contributed by atoms with Crippen LogP contribution in [0, 0.1) is 11.8 Å². The maximum atomic E-state index is 12.7. The summed E-state index contributed by atoms with van der Waals surface area (Å²) in [6.45, 7) is 7.04. The molecule has 0 radical (unpaired) electrons.